The molecule has 0 aromatic heterocycles. The number of sulfonamides is 1. The van der Waals surface area contributed by atoms with E-state index >= 15 is 0 Å². The van der Waals surface area contributed by atoms with Gasteiger partial charge >= 0.3 is 0 Å². The second kappa shape index (κ2) is 11.7. The van der Waals surface area contributed by atoms with Gasteiger partial charge in [0, 0.05) is 0 Å². The second-order valence-corrected chi connectivity index (χ2v) is 8.76. The summed E-state index contributed by atoms with van der Waals surface area (Å²) in [5.41, 5.74) is 0. The minimum Gasteiger partial charge on any atom is -0.493 e. The fourth-order valence-corrected chi connectivity index (χ4v) is 4.25. The zero-order valence-electron chi connectivity index (χ0n) is 16.5. The Morgan fingerprint density at radius 3 is 2.38 bits per heavy atom. The van der Waals surface area contributed by atoms with Gasteiger partial charge in [-0.15, -0.1) is 0 Å². The number of methoxy groups -OCH3 is 1. The van der Waals surface area contributed by atoms with Crippen LogP contribution in [0, 0.1) is 0 Å². The van der Waals surface area contributed by atoms with Gasteiger partial charge in [0.2, 0.25) is 15.9 Å². The van der Waals surface area contributed by atoms with Crippen LogP contribution in [0.15, 0.2) is 59.5 Å². The van der Waals surface area contributed by atoms with E-state index < -0.39 is 16.1 Å². The minimum atomic E-state index is -3.79. The Morgan fingerprint density at radius 2 is 1.72 bits per heavy atom. The van der Waals surface area contributed by atoms with Gasteiger partial charge in [0.05, 0.1) is 18.6 Å². The third-order valence-corrected chi connectivity index (χ3v) is 6.14. The topological polar surface area (TPSA) is 93.7 Å². The highest BCUT2D eigenvalue weighted by molar-refractivity contribution is 7.98. The Balaban J connectivity index is 1.93. The number of hydrogen-bond acceptors (Lipinski definition) is 6. The molecule has 0 radical (unpaired) electrons. The van der Waals surface area contributed by atoms with Crippen molar-refractivity contribution in [2.75, 3.05) is 32.3 Å². The molecule has 0 saturated heterocycles. The average Bonchev–Trinajstić information content (AvgIpc) is 2.74. The molecule has 7 nitrogen and oxygen atoms in total. The predicted octanol–water partition coefficient (Wildman–Crippen LogP) is 2.29. The molecule has 0 spiro atoms. The molecule has 0 heterocycles. The quantitative estimate of drug-likeness (QED) is 0.494. The third kappa shape index (κ3) is 7.26. The highest BCUT2D eigenvalue weighted by Gasteiger charge is 2.25. The highest BCUT2D eigenvalue weighted by atomic mass is 32.2. The number of nitrogens with one attached hydrogen (secondary N) is 2. The number of rotatable bonds is 12. The van der Waals surface area contributed by atoms with E-state index in [9.17, 15) is 13.2 Å². The van der Waals surface area contributed by atoms with Crippen molar-refractivity contribution in [1.82, 2.24) is 10.0 Å². The van der Waals surface area contributed by atoms with Crippen LogP contribution in [0.1, 0.15) is 6.42 Å². The molecule has 0 bridgehead atoms. The lowest BCUT2D eigenvalue weighted by atomic mass is 10.2. The number of amides is 1. The fourth-order valence-electron chi connectivity index (χ4n) is 2.53. The van der Waals surface area contributed by atoms with E-state index in [0.29, 0.717) is 23.7 Å². The van der Waals surface area contributed by atoms with Gasteiger partial charge in [-0.1, -0.05) is 30.3 Å². The number of carbonyl (C=O) groups is 1. The smallest absolute Gasteiger partial charge is 0.241 e. The Bertz CT molecular complexity index is 875. The van der Waals surface area contributed by atoms with Crippen molar-refractivity contribution >= 4 is 27.7 Å². The summed E-state index contributed by atoms with van der Waals surface area (Å²) in [6, 6.07) is 14.4. The number of para-hydroxylation sites is 2. The van der Waals surface area contributed by atoms with Gasteiger partial charge in [-0.2, -0.15) is 16.5 Å². The second-order valence-electron chi connectivity index (χ2n) is 6.06. The molecule has 1 atom stereocenters. The van der Waals surface area contributed by atoms with Gasteiger partial charge in [-0.3, -0.25) is 4.79 Å². The standard InChI is InChI=1S/C20H26N2O5S2/c1-26-18-10-6-7-11-19(18)27-14-13-21-20(23)17(12-15-28-2)22-29(24,25)16-8-4-3-5-9-16/h3-11,17,22H,12-15H2,1-2H3,(H,21,23). The first-order valence-electron chi connectivity index (χ1n) is 9.07. The molecule has 2 aromatic carbocycles. The van der Waals surface area contributed by atoms with E-state index in [2.05, 4.69) is 10.0 Å². The number of hydrogen-bond donors (Lipinski definition) is 2. The van der Waals surface area contributed by atoms with Gasteiger partial charge in [0.1, 0.15) is 12.6 Å². The third-order valence-electron chi connectivity index (χ3n) is 4.01. The normalized spacial score (nSPS) is 12.2. The summed E-state index contributed by atoms with van der Waals surface area (Å²) in [7, 11) is -2.23. The zero-order chi connectivity index (χ0) is 21.1. The predicted molar refractivity (Wildman–Crippen MR) is 115 cm³/mol. The summed E-state index contributed by atoms with van der Waals surface area (Å²) in [5.74, 6) is 1.44. The van der Waals surface area contributed by atoms with Gasteiger partial charge in [-0.05, 0) is 42.7 Å². The molecule has 2 N–H and O–H groups in total. The SMILES string of the molecule is COc1ccccc1OCCNC(=O)C(CCSC)NS(=O)(=O)c1ccccc1. The van der Waals surface area contributed by atoms with Crippen molar-refractivity contribution in [3.63, 3.8) is 0 Å². The summed E-state index contributed by atoms with van der Waals surface area (Å²) in [6.45, 7) is 0.465. The lowest BCUT2D eigenvalue weighted by Crippen LogP contribution is -2.47. The van der Waals surface area contributed by atoms with Crippen LogP contribution in [-0.2, 0) is 14.8 Å². The molecule has 0 fully saturated rings. The Kier molecular flexibility index (Phi) is 9.30. The number of carbonyl (C=O) groups excluding carboxylic acids is 1. The zero-order valence-corrected chi connectivity index (χ0v) is 18.1. The Labute approximate surface area is 176 Å². The molecule has 2 rings (SSSR count). The van der Waals surface area contributed by atoms with E-state index in [0.717, 1.165) is 0 Å². The van der Waals surface area contributed by atoms with Crippen LogP contribution in [0.25, 0.3) is 0 Å². The lowest BCUT2D eigenvalue weighted by molar-refractivity contribution is -0.122. The Hall–Kier alpha value is -2.23. The van der Waals surface area contributed by atoms with Crippen LogP contribution in [0.3, 0.4) is 0 Å². The highest BCUT2D eigenvalue weighted by Crippen LogP contribution is 2.25. The van der Waals surface area contributed by atoms with Crippen LogP contribution in [0.5, 0.6) is 11.5 Å². The lowest BCUT2D eigenvalue weighted by Gasteiger charge is -2.18. The first-order valence-corrected chi connectivity index (χ1v) is 12.0. The first kappa shape index (κ1) is 23.1. The molecule has 1 amide bonds. The summed E-state index contributed by atoms with van der Waals surface area (Å²) in [4.78, 5) is 12.7. The number of ether oxygens (including phenoxy) is 2. The maximum absolute atomic E-state index is 12.6. The number of benzene rings is 2. The van der Waals surface area contributed by atoms with Crippen molar-refractivity contribution in [1.29, 1.82) is 0 Å². The van der Waals surface area contributed by atoms with Crippen molar-refractivity contribution < 1.29 is 22.7 Å². The van der Waals surface area contributed by atoms with Gasteiger partial charge < -0.3 is 14.8 Å². The van der Waals surface area contributed by atoms with Crippen molar-refractivity contribution in [2.24, 2.45) is 0 Å². The molecule has 0 aliphatic carbocycles. The summed E-state index contributed by atoms with van der Waals surface area (Å²) < 4.78 is 38.5. The van der Waals surface area contributed by atoms with Crippen LogP contribution in [-0.4, -0.2) is 52.6 Å². The molecule has 0 aliphatic rings. The Morgan fingerprint density at radius 1 is 1.07 bits per heavy atom. The molecule has 0 saturated carbocycles. The molecule has 29 heavy (non-hydrogen) atoms. The van der Waals surface area contributed by atoms with E-state index in [-0.39, 0.29) is 24.0 Å². The average molecular weight is 439 g/mol. The molecular formula is C20H26N2O5S2. The van der Waals surface area contributed by atoms with Gasteiger partial charge in [0.25, 0.3) is 0 Å². The van der Waals surface area contributed by atoms with Crippen LogP contribution in [0.4, 0.5) is 0 Å². The molecule has 1 unspecified atom stereocenters. The molecule has 0 aliphatic heterocycles. The van der Waals surface area contributed by atoms with Crippen molar-refractivity contribution in [2.45, 2.75) is 17.4 Å². The maximum atomic E-state index is 12.6. The van der Waals surface area contributed by atoms with E-state index in [1.807, 2.05) is 18.4 Å². The van der Waals surface area contributed by atoms with E-state index in [1.165, 1.54) is 12.1 Å². The monoisotopic (exact) mass is 438 g/mol. The fraction of sp³-hybridized carbons (Fsp3) is 0.350. The van der Waals surface area contributed by atoms with Crippen LogP contribution < -0.4 is 19.5 Å². The van der Waals surface area contributed by atoms with Gasteiger partial charge in [-0.25, -0.2) is 8.42 Å². The molecule has 9 heteroatoms. The van der Waals surface area contributed by atoms with Crippen LogP contribution in [0.2, 0.25) is 0 Å². The molecule has 158 valence electrons. The van der Waals surface area contributed by atoms with Gasteiger partial charge in [0.15, 0.2) is 11.5 Å². The number of thioether (sulfide) groups is 1. The summed E-state index contributed by atoms with van der Waals surface area (Å²) >= 11 is 1.55. The first-order chi connectivity index (χ1) is 14.0. The van der Waals surface area contributed by atoms with Crippen molar-refractivity contribution in [3.05, 3.63) is 54.6 Å². The molecular weight excluding hydrogens is 412 g/mol. The van der Waals surface area contributed by atoms with Crippen molar-refractivity contribution in [3.8, 4) is 11.5 Å². The largest absolute Gasteiger partial charge is 0.493 e. The maximum Gasteiger partial charge on any atom is 0.241 e. The molecule has 2 aromatic rings. The minimum absolute atomic E-state index is 0.126. The van der Waals surface area contributed by atoms with E-state index in [1.54, 1.807) is 49.2 Å². The van der Waals surface area contributed by atoms with E-state index in [4.69, 9.17) is 9.47 Å². The van der Waals surface area contributed by atoms with Crippen LogP contribution >= 0.6 is 11.8 Å². The summed E-state index contributed by atoms with van der Waals surface area (Å²) in [5, 5.41) is 2.73. The summed E-state index contributed by atoms with van der Waals surface area (Å²) in [6.07, 6.45) is 2.29.